The molecule has 3 N–H and O–H groups in total. The van der Waals surface area contributed by atoms with Gasteiger partial charge in [0.25, 0.3) is 0 Å². The van der Waals surface area contributed by atoms with E-state index in [1.165, 1.54) is 0 Å². The van der Waals surface area contributed by atoms with E-state index in [-0.39, 0.29) is 0 Å². The highest BCUT2D eigenvalue weighted by Gasteiger charge is 2.00. The van der Waals surface area contributed by atoms with Crippen molar-refractivity contribution in [3.63, 3.8) is 0 Å². The average Bonchev–Trinajstić information content (AvgIpc) is 2.31. The van der Waals surface area contributed by atoms with Gasteiger partial charge < -0.3 is 10.3 Å². The number of hydrogen-bond acceptors (Lipinski definition) is 2. The molecule has 0 saturated carbocycles. The van der Waals surface area contributed by atoms with Gasteiger partial charge in [0.05, 0.1) is 4.90 Å². The Bertz CT molecular complexity index is 486. The number of hydrogen-bond donors (Lipinski definition) is 2. The van der Waals surface area contributed by atoms with Crippen LogP contribution in [0.1, 0.15) is 5.56 Å². The van der Waals surface area contributed by atoms with E-state index in [2.05, 4.69) is 0 Å². The zero-order chi connectivity index (χ0) is 12.7. The first-order valence-electron chi connectivity index (χ1n) is 5.08. The van der Waals surface area contributed by atoms with Gasteiger partial charge in [-0.15, -0.1) is 0 Å². The number of para-hydroxylation sites is 1. The van der Waals surface area contributed by atoms with Gasteiger partial charge in [-0.3, -0.25) is 0 Å². The molecule has 2 aromatic carbocycles. The van der Waals surface area contributed by atoms with Crippen LogP contribution in [0.4, 0.5) is 5.69 Å². The van der Waals surface area contributed by atoms with Crippen LogP contribution < -0.4 is 5.73 Å². The number of rotatable bonds is 1. The molecule has 3 nitrogen and oxygen atoms in total. The highest BCUT2D eigenvalue weighted by molar-refractivity contribution is 7.79. The zero-order valence-electron chi connectivity index (χ0n) is 9.54. The largest absolute Gasteiger partial charge is 0.399 e. The molecule has 90 valence electrons. The van der Waals surface area contributed by atoms with Crippen molar-refractivity contribution in [1.82, 2.24) is 0 Å². The molecule has 0 saturated heterocycles. The molecule has 0 fully saturated rings. The summed E-state index contributed by atoms with van der Waals surface area (Å²) >= 11 is -1.84. The molecule has 0 heterocycles. The number of anilines is 1. The lowest BCUT2D eigenvalue weighted by Gasteiger charge is -1.97. The fourth-order valence-electron chi connectivity index (χ4n) is 1.21. The SMILES string of the molecule is Cc1ccccc1S(=O)O.Nc1ccccc1. The summed E-state index contributed by atoms with van der Waals surface area (Å²) in [6.45, 7) is 1.81. The van der Waals surface area contributed by atoms with Crippen molar-refractivity contribution in [3.8, 4) is 0 Å². The summed E-state index contributed by atoms with van der Waals surface area (Å²) in [7, 11) is 0. The van der Waals surface area contributed by atoms with Crippen molar-refractivity contribution >= 4 is 16.8 Å². The topological polar surface area (TPSA) is 63.3 Å². The van der Waals surface area contributed by atoms with Crippen molar-refractivity contribution in [2.45, 2.75) is 11.8 Å². The Labute approximate surface area is 104 Å². The molecule has 0 bridgehead atoms. The molecule has 17 heavy (non-hydrogen) atoms. The Morgan fingerprint density at radius 2 is 1.53 bits per heavy atom. The van der Waals surface area contributed by atoms with Crippen molar-refractivity contribution in [2.75, 3.05) is 5.73 Å². The Balaban J connectivity index is 0.000000181. The van der Waals surface area contributed by atoms with Crippen LogP contribution in [0, 0.1) is 6.92 Å². The molecule has 1 unspecified atom stereocenters. The third-order valence-electron chi connectivity index (χ3n) is 2.08. The van der Waals surface area contributed by atoms with E-state index in [4.69, 9.17) is 10.3 Å². The zero-order valence-corrected chi connectivity index (χ0v) is 10.4. The van der Waals surface area contributed by atoms with Crippen molar-refractivity contribution in [2.24, 2.45) is 0 Å². The Kier molecular flexibility index (Phi) is 5.39. The predicted molar refractivity (Wildman–Crippen MR) is 71.1 cm³/mol. The monoisotopic (exact) mass is 249 g/mol. The maximum absolute atomic E-state index is 10.5. The van der Waals surface area contributed by atoms with Gasteiger partial charge in [-0.1, -0.05) is 36.4 Å². The van der Waals surface area contributed by atoms with E-state index in [1.807, 2.05) is 49.4 Å². The van der Waals surface area contributed by atoms with E-state index in [0.717, 1.165) is 11.3 Å². The third-order valence-corrected chi connectivity index (χ3v) is 2.92. The van der Waals surface area contributed by atoms with Gasteiger partial charge in [-0.2, -0.15) is 0 Å². The quantitative estimate of drug-likeness (QED) is 0.603. The van der Waals surface area contributed by atoms with Gasteiger partial charge in [0.15, 0.2) is 11.1 Å². The van der Waals surface area contributed by atoms with Crippen LogP contribution in [0.5, 0.6) is 0 Å². The minimum Gasteiger partial charge on any atom is -0.399 e. The average molecular weight is 249 g/mol. The fraction of sp³-hybridized carbons (Fsp3) is 0.0769. The normalized spacial score (nSPS) is 11.2. The molecular formula is C13H15NO2S. The molecule has 1 atom stereocenters. The van der Waals surface area contributed by atoms with E-state index >= 15 is 0 Å². The van der Waals surface area contributed by atoms with E-state index < -0.39 is 11.1 Å². The standard InChI is InChI=1S/C7H8O2S.C6H7N/c1-6-4-2-3-5-7(6)10(8)9;7-6-4-2-1-3-5-6/h2-5H,1H3,(H,8,9);1-5H,7H2. The lowest BCUT2D eigenvalue weighted by Crippen LogP contribution is -1.90. The minimum absolute atomic E-state index is 0.488. The van der Waals surface area contributed by atoms with Gasteiger partial charge in [0.2, 0.25) is 0 Å². The van der Waals surface area contributed by atoms with Crippen molar-refractivity contribution in [1.29, 1.82) is 0 Å². The molecule has 2 rings (SSSR count). The molecule has 2 aromatic rings. The van der Waals surface area contributed by atoms with Crippen molar-refractivity contribution < 1.29 is 8.76 Å². The maximum atomic E-state index is 10.5. The van der Waals surface area contributed by atoms with Crippen LogP contribution in [0.2, 0.25) is 0 Å². The Morgan fingerprint density at radius 3 is 1.88 bits per heavy atom. The molecule has 0 aromatic heterocycles. The van der Waals surface area contributed by atoms with E-state index in [0.29, 0.717) is 4.90 Å². The number of benzene rings is 2. The van der Waals surface area contributed by atoms with Gasteiger partial charge >= 0.3 is 0 Å². The molecule has 0 radical (unpaired) electrons. The second-order valence-corrected chi connectivity index (χ2v) is 4.36. The number of nitrogen functional groups attached to an aromatic ring is 1. The predicted octanol–water partition coefficient (Wildman–Crippen LogP) is 2.84. The van der Waals surface area contributed by atoms with Crippen LogP contribution in [0.15, 0.2) is 59.5 Å². The summed E-state index contributed by atoms with van der Waals surface area (Å²) in [5, 5.41) is 0. The van der Waals surface area contributed by atoms with Crippen molar-refractivity contribution in [3.05, 3.63) is 60.2 Å². The molecule has 0 spiro atoms. The second-order valence-electron chi connectivity index (χ2n) is 3.43. The van der Waals surface area contributed by atoms with Gasteiger partial charge in [-0.05, 0) is 30.7 Å². The molecule has 0 amide bonds. The first kappa shape index (κ1) is 13.4. The lowest BCUT2D eigenvalue weighted by atomic mass is 10.2. The van der Waals surface area contributed by atoms with Crippen LogP contribution in [-0.4, -0.2) is 8.76 Å². The third kappa shape index (κ3) is 4.80. The molecule has 0 aliphatic carbocycles. The molecule has 0 aliphatic rings. The van der Waals surface area contributed by atoms with Crippen LogP contribution in [0.25, 0.3) is 0 Å². The minimum atomic E-state index is -1.84. The van der Waals surface area contributed by atoms with Gasteiger partial charge in [0, 0.05) is 5.69 Å². The first-order chi connectivity index (χ1) is 8.11. The second kappa shape index (κ2) is 6.83. The number of nitrogens with two attached hydrogens (primary N) is 1. The van der Waals surface area contributed by atoms with Crippen LogP contribution in [0.3, 0.4) is 0 Å². The summed E-state index contributed by atoms with van der Waals surface area (Å²) in [5.74, 6) is 0. The first-order valence-corrected chi connectivity index (χ1v) is 6.19. The Morgan fingerprint density at radius 1 is 1.00 bits per heavy atom. The highest BCUT2D eigenvalue weighted by atomic mass is 32.2. The maximum Gasteiger partial charge on any atom is 0.186 e. The van der Waals surface area contributed by atoms with E-state index in [9.17, 15) is 4.21 Å². The summed E-state index contributed by atoms with van der Waals surface area (Å²) in [6, 6.07) is 16.5. The van der Waals surface area contributed by atoms with E-state index in [1.54, 1.807) is 12.1 Å². The summed E-state index contributed by atoms with van der Waals surface area (Å²) < 4.78 is 19.2. The highest BCUT2D eigenvalue weighted by Crippen LogP contribution is 2.09. The molecule has 0 aliphatic heterocycles. The molecule has 4 heteroatoms. The van der Waals surface area contributed by atoms with Gasteiger partial charge in [-0.25, -0.2) is 4.21 Å². The number of aryl methyl sites for hydroxylation is 1. The van der Waals surface area contributed by atoms with Crippen LogP contribution in [-0.2, 0) is 11.1 Å². The molecular weight excluding hydrogens is 234 g/mol. The van der Waals surface area contributed by atoms with Crippen LogP contribution >= 0.6 is 0 Å². The summed E-state index contributed by atoms with van der Waals surface area (Å²) in [4.78, 5) is 0.488. The smallest absolute Gasteiger partial charge is 0.186 e. The Hall–Kier alpha value is -1.65. The lowest BCUT2D eigenvalue weighted by molar-refractivity contribution is 0.564. The van der Waals surface area contributed by atoms with Gasteiger partial charge in [0.1, 0.15) is 0 Å². The summed E-state index contributed by atoms with van der Waals surface area (Å²) in [5.41, 5.74) is 7.03. The fourth-order valence-corrected chi connectivity index (χ4v) is 1.74. The summed E-state index contributed by atoms with van der Waals surface area (Å²) in [6.07, 6.45) is 0.